The first kappa shape index (κ1) is 16.1. The standard InChI is InChI=1S/C12H14F6N2O/c1-2-3-4-20-8-6(13)5-11(14,15)10(21)7(8)9(19-20)12(16,17)18/h6,10,21H,2-5H2,1H3/t6-,10-/m0/s1. The molecule has 1 aromatic heterocycles. The summed E-state index contributed by atoms with van der Waals surface area (Å²) in [6, 6.07) is 0. The van der Waals surface area contributed by atoms with Gasteiger partial charge in [-0.1, -0.05) is 13.3 Å². The van der Waals surface area contributed by atoms with Crippen LogP contribution in [0.2, 0.25) is 0 Å². The lowest BCUT2D eigenvalue weighted by atomic mass is 9.88. The van der Waals surface area contributed by atoms with Gasteiger partial charge in [0.2, 0.25) is 0 Å². The molecule has 0 saturated heterocycles. The number of hydrogen-bond acceptors (Lipinski definition) is 2. The second-order valence-electron chi connectivity index (χ2n) is 5.06. The van der Waals surface area contributed by atoms with Gasteiger partial charge in [-0.3, -0.25) is 4.68 Å². The zero-order valence-corrected chi connectivity index (χ0v) is 11.1. The van der Waals surface area contributed by atoms with Crippen molar-refractivity contribution in [2.24, 2.45) is 0 Å². The van der Waals surface area contributed by atoms with Gasteiger partial charge in [0.25, 0.3) is 5.92 Å². The lowest BCUT2D eigenvalue weighted by Gasteiger charge is -2.30. The number of aliphatic hydroxyl groups excluding tert-OH is 1. The molecule has 120 valence electrons. The molecule has 2 rings (SSSR count). The van der Waals surface area contributed by atoms with Crippen LogP contribution in [0.5, 0.6) is 0 Å². The number of hydrogen-bond donors (Lipinski definition) is 1. The van der Waals surface area contributed by atoms with Gasteiger partial charge in [0, 0.05) is 12.1 Å². The highest BCUT2D eigenvalue weighted by atomic mass is 19.4. The Hall–Kier alpha value is -1.25. The van der Waals surface area contributed by atoms with E-state index in [1.165, 1.54) is 0 Å². The average molecular weight is 316 g/mol. The van der Waals surface area contributed by atoms with Gasteiger partial charge in [0.05, 0.1) is 12.1 Å². The molecule has 0 saturated carbocycles. The van der Waals surface area contributed by atoms with E-state index in [1.807, 2.05) is 0 Å². The Balaban J connectivity index is 2.61. The molecule has 0 fully saturated rings. The first-order valence-electron chi connectivity index (χ1n) is 6.47. The molecule has 1 heterocycles. The fourth-order valence-electron chi connectivity index (χ4n) is 2.43. The summed E-state index contributed by atoms with van der Waals surface area (Å²) >= 11 is 0. The third-order valence-corrected chi connectivity index (χ3v) is 3.44. The number of halogens is 6. The smallest absolute Gasteiger partial charge is 0.382 e. The molecule has 0 bridgehead atoms. The molecular weight excluding hydrogens is 302 g/mol. The van der Waals surface area contributed by atoms with E-state index in [0.717, 1.165) is 4.68 Å². The van der Waals surface area contributed by atoms with Crippen LogP contribution in [-0.2, 0) is 12.7 Å². The minimum Gasteiger partial charge on any atom is -0.382 e. The number of alkyl halides is 6. The van der Waals surface area contributed by atoms with Crippen LogP contribution in [0.1, 0.15) is 55.4 Å². The normalized spacial score (nSPS) is 25.0. The second-order valence-corrected chi connectivity index (χ2v) is 5.06. The number of aryl methyl sites for hydroxylation is 1. The van der Waals surface area contributed by atoms with Crippen LogP contribution < -0.4 is 0 Å². The summed E-state index contributed by atoms with van der Waals surface area (Å²) < 4.78 is 80.3. The van der Waals surface area contributed by atoms with E-state index in [-0.39, 0.29) is 6.54 Å². The van der Waals surface area contributed by atoms with Crippen LogP contribution in [0, 0.1) is 0 Å². The van der Waals surface area contributed by atoms with Crippen LogP contribution in [0.25, 0.3) is 0 Å². The summed E-state index contributed by atoms with van der Waals surface area (Å²) in [6.07, 6.45) is -10.3. The van der Waals surface area contributed by atoms with Crippen molar-refractivity contribution >= 4 is 0 Å². The van der Waals surface area contributed by atoms with Gasteiger partial charge < -0.3 is 5.11 Å². The summed E-state index contributed by atoms with van der Waals surface area (Å²) in [5.41, 5.74) is -3.36. The molecular formula is C12H14F6N2O. The molecule has 0 spiro atoms. The van der Waals surface area contributed by atoms with E-state index in [0.29, 0.717) is 12.8 Å². The molecule has 0 aromatic carbocycles. The van der Waals surface area contributed by atoms with E-state index in [1.54, 1.807) is 6.92 Å². The van der Waals surface area contributed by atoms with Crippen LogP contribution in [0.4, 0.5) is 26.3 Å². The SMILES string of the molecule is CCCCn1nc(C(F)(F)F)c2c1[C@@H](F)CC(F)(F)[C@H]2O. The van der Waals surface area contributed by atoms with E-state index in [9.17, 15) is 31.4 Å². The number of nitrogens with zero attached hydrogens (tertiary/aromatic N) is 2. The van der Waals surface area contributed by atoms with Crippen molar-refractivity contribution in [2.45, 2.75) is 57.1 Å². The van der Waals surface area contributed by atoms with Crippen molar-refractivity contribution in [2.75, 3.05) is 0 Å². The molecule has 0 unspecified atom stereocenters. The van der Waals surface area contributed by atoms with Gasteiger partial charge >= 0.3 is 6.18 Å². The molecule has 21 heavy (non-hydrogen) atoms. The summed E-state index contributed by atoms with van der Waals surface area (Å²) in [6.45, 7) is 1.75. The molecule has 2 atom stereocenters. The third-order valence-electron chi connectivity index (χ3n) is 3.44. The quantitative estimate of drug-likeness (QED) is 0.862. The maximum atomic E-state index is 13.9. The summed E-state index contributed by atoms with van der Waals surface area (Å²) in [4.78, 5) is 0. The van der Waals surface area contributed by atoms with Gasteiger partial charge in [0.15, 0.2) is 5.69 Å². The fourth-order valence-corrected chi connectivity index (χ4v) is 2.43. The Morgan fingerprint density at radius 2 is 2.00 bits per heavy atom. The number of unbranched alkanes of at least 4 members (excludes halogenated alkanes) is 1. The van der Waals surface area contributed by atoms with Gasteiger partial charge in [-0.2, -0.15) is 18.3 Å². The number of aliphatic hydroxyl groups is 1. The highest BCUT2D eigenvalue weighted by Crippen LogP contribution is 2.51. The highest BCUT2D eigenvalue weighted by molar-refractivity contribution is 5.36. The fraction of sp³-hybridized carbons (Fsp3) is 0.750. The van der Waals surface area contributed by atoms with Crippen molar-refractivity contribution in [3.63, 3.8) is 0 Å². The maximum absolute atomic E-state index is 13.9. The van der Waals surface area contributed by atoms with Crippen molar-refractivity contribution < 1.29 is 31.4 Å². The van der Waals surface area contributed by atoms with Crippen molar-refractivity contribution in [3.8, 4) is 0 Å². The van der Waals surface area contributed by atoms with Crippen LogP contribution in [0.3, 0.4) is 0 Å². The average Bonchev–Trinajstić information content (AvgIpc) is 2.72. The largest absolute Gasteiger partial charge is 0.435 e. The Bertz CT molecular complexity index is 525. The zero-order chi connectivity index (χ0) is 16.0. The number of aromatic nitrogens is 2. The summed E-state index contributed by atoms with van der Waals surface area (Å²) in [5.74, 6) is -3.95. The Morgan fingerprint density at radius 3 is 2.52 bits per heavy atom. The Kier molecular flexibility index (Phi) is 3.98. The minimum absolute atomic E-state index is 0.0202. The predicted octanol–water partition coefficient (Wildman–Crippen LogP) is 3.79. The summed E-state index contributed by atoms with van der Waals surface area (Å²) in [5, 5.41) is 12.7. The molecule has 0 amide bonds. The molecule has 1 aliphatic rings. The van der Waals surface area contributed by atoms with Gasteiger partial charge in [-0.05, 0) is 6.42 Å². The molecule has 0 aliphatic heterocycles. The minimum atomic E-state index is -5.03. The predicted molar refractivity (Wildman–Crippen MR) is 60.5 cm³/mol. The third kappa shape index (κ3) is 2.75. The molecule has 1 aromatic rings. The van der Waals surface area contributed by atoms with Crippen LogP contribution >= 0.6 is 0 Å². The summed E-state index contributed by atoms with van der Waals surface area (Å²) in [7, 11) is 0. The van der Waals surface area contributed by atoms with E-state index >= 15 is 0 Å². The number of rotatable bonds is 3. The lowest BCUT2D eigenvalue weighted by Crippen LogP contribution is -2.34. The molecule has 1 N–H and O–H groups in total. The topological polar surface area (TPSA) is 38.0 Å². The van der Waals surface area contributed by atoms with E-state index < -0.39 is 47.7 Å². The highest BCUT2D eigenvalue weighted by Gasteiger charge is 2.54. The lowest BCUT2D eigenvalue weighted by molar-refractivity contribution is -0.154. The van der Waals surface area contributed by atoms with Crippen LogP contribution in [-0.4, -0.2) is 20.8 Å². The number of fused-ring (bicyclic) bond motifs is 1. The van der Waals surface area contributed by atoms with Crippen LogP contribution in [0.15, 0.2) is 0 Å². The van der Waals surface area contributed by atoms with E-state index in [4.69, 9.17) is 0 Å². The van der Waals surface area contributed by atoms with Crippen molar-refractivity contribution in [1.29, 1.82) is 0 Å². The first-order chi connectivity index (χ1) is 9.59. The molecule has 9 heteroatoms. The zero-order valence-electron chi connectivity index (χ0n) is 11.1. The molecule has 0 radical (unpaired) electrons. The van der Waals surface area contributed by atoms with Gasteiger partial charge in [-0.15, -0.1) is 0 Å². The molecule has 1 aliphatic carbocycles. The monoisotopic (exact) mass is 316 g/mol. The van der Waals surface area contributed by atoms with Crippen molar-refractivity contribution in [1.82, 2.24) is 9.78 Å². The molecule has 3 nitrogen and oxygen atoms in total. The van der Waals surface area contributed by atoms with E-state index in [2.05, 4.69) is 5.10 Å². The Morgan fingerprint density at radius 1 is 1.38 bits per heavy atom. The van der Waals surface area contributed by atoms with Gasteiger partial charge in [-0.25, -0.2) is 13.2 Å². The maximum Gasteiger partial charge on any atom is 0.435 e. The first-order valence-corrected chi connectivity index (χ1v) is 6.47. The van der Waals surface area contributed by atoms with Crippen molar-refractivity contribution in [3.05, 3.63) is 17.0 Å². The second kappa shape index (κ2) is 5.19. The van der Waals surface area contributed by atoms with Gasteiger partial charge in [0.1, 0.15) is 12.3 Å². The Labute approximate surface area is 116 Å².